The summed E-state index contributed by atoms with van der Waals surface area (Å²) in [7, 11) is 1.83. The summed E-state index contributed by atoms with van der Waals surface area (Å²) in [5.74, 6) is 0.0636. The molecule has 0 aromatic carbocycles. The summed E-state index contributed by atoms with van der Waals surface area (Å²) in [5.41, 5.74) is 3.91. The summed E-state index contributed by atoms with van der Waals surface area (Å²) in [6.45, 7) is 6.00. The van der Waals surface area contributed by atoms with Crippen LogP contribution in [0.1, 0.15) is 34.9 Å². The van der Waals surface area contributed by atoms with Gasteiger partial charge in [0.1, 0.15) is 10.7 Å². The first-order chi connectivity index (χ1) is 11.0. The lowest BCUT2D eigenvalue weighted by Crippen LogP contribution is -2.31. The molecule has 3 heterocycles. The average Bonchev–Trinajstić information content (AvgIpc) is 3.13. The first-order valence-electron chi connectivity index (χ1n) is 7.56. The van der Waals surface area contributed by atoms with Gasteiger partial charge in [0.05, 0.1) is 18.2 Å². The summed E-state index contributed by atoms with van der Waals surface area (Å²) >= 11 is 1.59. The number of aryl methyl sites for hydroxylation is 2. The van der Waals surface area contributed by atoms with E-state index in [1.807, 2.05) is 55.9 Å². The lowest BCUT2D eigenvalue weighted by molar-refractivity contribution is -0.131. The Hall–Kier alpha value is -2.21. The number of fused-ring (bicyclic) bond motifs is 1. The van der Waals surface area contributed by atoms with Crippen LogP contribution in [0.5, 0.6) is 0 Å². The van der Waals surface area contributed by atoms with Gasteiger partial charge >= 0.3 is 0 Å². The van der Waals surface area contributed by atoms with Gasteiger partial charge < -0.3 is 9.30 Å². The van der Waals surface area contributed by atoms with Crippen molar-refractivity contribution in [3.05, 3.63) is 51.9 Å². The van der Waals surface area contributed by atoms with Gasteiger partial charge in [0.2, 0.25) is 5.91 Å². The molecule has 0 unspecified atom stereocenters. The lowest BCUT2D eigenvalue weighted by atomic mass is 10.2. The lowest BCUT2D eigenvalue weighted by Gasteiger charge is -2.23. The van der Waals surface area contributed by atoms with E-state index in [0.29, 0.717) is 6.42 Å². The van der Waals surface area contributed by atoms with Crippen molar-refractivity contribution in [2.24, 2.45) is 0 Å². The minimum absolute atomic E-state index is 0.0258. The number of carbonyl (C=O) groups excluding carboxylic acids is 1. The molecule has 5 nitrogen and oxygen atoms in total. The van der Waals surface area contributed by atoms with E-state index in [0.717, 1.165) is 27.6 Å². The smallest absolute Gasteiger partial charge is 0.228 e. The minimum atomic E-state index is -0.0258. The fourth-order valence-electron chi connectivity index (χ4n) is 2.56. The Kier molecular flexibility index (Phi) is 4.17. The molecule has 23 heavy (non-hydrogen) atoms. The van der Waals surface area contributed by atoms with Crippen molar-refractivity contribution in [2.75, 3.05) is 7.05 Å². The third kappa shape index (κ3) is 2.99. The van der Waals surface area contributed by atoms with Crippen molar-refractivity contribution in [3.63, 3.8) is 0 Å². The van der Waals surface area contributed by atoms with Crippen LogP contribution >= 0.6 is 11.3 Å². The summed E-state index contributed by atoms with van der Waals surface area (Å²) in [6.07, 6.45) is 4.06. The average molecular weight is 328 g/mol. The number of nitrogens with zero attached hydrogens (tertiary/aromatic N) is 4. The van der Waals surface area contributed by atoms with Gasteiger partial charge in [-0.1, -0.05) is 6.07 Å². The highest BCUT2D eigenvalue weighted by molar-refractivity contribution is 7.09. The second-order valence-corrected chi connectivity index (χ2v) is 6.71. The molecule has 0 spiro atoms. The maximum Gasteiger partial charge on any atom is 0.228 e. The number of carbonyl (C=O) groups is 1. The van der Waals surface area contributed by atoms with E-state index in [-0.39, 0.29) is 11.9 Å². The normalized spacial score (nSPS) is 12.5. The SMILES string of the molecule is Cc1csc([C@@H](C)N(C)C(=O)Cc2cnc3c(C)cccn23)n1. The molecule has 0 saturated heterocycles. The molecule has 120 valence electrons. The standard InChI is InChI=1S/C17H20N4OS/c1-11-6-5-7-21-14(9-18-16(11)21)8-15(22)20(4)13(3)17-19-12(2)10-23-17/h5-7,9-10,13H,8H2,1-4H3/t13-/m1/s1. The van der Waals surface area contributed by atoms with Crippen molar-refractivity contribution < 1.29 is 4.79 Å². The van der Waals surface area contributed by atoms with Crippen molar-refractivity contribution in [1.29, 1.82) is 0 Å². The number of rotatable bonds is 4. The Bertz CT molecular complexity index is 851. The number of thiazole rings is 1. The summed E-state index contributed by atoms with van der Waals surface area (Å²) in [6, 6.07) is 3.97. The van der Waals surface area contributed by atoms with Crippen LogP contribution in [-0.4, -0.2) is 32.2 Å². The Morgan fingerprint density at radius 1 is 1.43 bits per heavy atom. The van der Waals surface area contributed by atoms with Crippen LogP contribution in [-0.2, 0) is 11.2 Å². The molecule has 1 amide bonds. The van der Waals surface area contributed by atoms with Crippen LogP contribution in [0.4, 0.5) is 0 Å². The summed E-state index contributed by atoms with van der Waals surface area (Å²) in [4.78, 5) is 23.3. The molecular formula is C17H20N4OS. The minimum Gasteiger partial charge on any atom is -0.336 e. The third-order valence-corrected chi connectivity index (χ3v) is 5.24. The molecule has 0 aliphatic rings. The topological polar surface area (TPSA) is 50.5 Å². The molecular weight excluding hydrogens is 308 g/mol. The quantitative estimate of drug-likeness (QED) is 0.739. The van der Waals surface area contributed by atoms with Crippen LogP contribution in [0.15, 0.2) is 29.9 Å². The zero-order valence-corrected chi connectivity index (χ0v) is 14.6. The third-order valence-electron chi connectivity index (χ3n) is 4.11. The second kappa shape index (κ2) is 6.12. The molecule has 0 fully saturated rings. The van der Waals surface area contributed by atoms with Gasteiger partial charge in [-0.25, -0.2) is 9.97 Å². The number of hydrogen-bond donors (Lipinski definition) is 0. The van der Waals surface area contributed by atoms with Gasteiger partial charge in [0.25, 0.3) is 0 Å². The van der Waals surface area contributed by atoms with E-state index in [4.69, 9.17) is 0 Å². The molecule has 6 heteroatoms. The van der Waals surface area contributed by atoms with Crippen LogP contribution < -0.4 is 0 Å². The van der Waals surface area contributed by atoms with E-state index >= 15 is 0 Å². The Balaban J connectivity index is 1.79. The Morgan fingerprint density at radius 2 is 2.22 bits per heavy atom. The van der Waals surface area contributed by atoms with Crippen LogP contribution in [0.3, 0.4) is 0 Å². The van der Waals surface area contributed by atoms with Crippen molar-refractivity contribution in [3.8, 4) is 0 Å². The summed E-state index contributed by atoms with van der Waals surface area (Å²) in [5, 5.41) is 2.98. The highest BCUT2D eigenvalue weighted by atomic mass is 32.1. The molecule has 0 radical (unpaired) electrons. The van der Waals surface area contributed by atoms with Crippen molar-refractivity contribution >= 4 is 22.9 Å². The first kappa shape index (κ1) is 15.7. The van der Waals surface area contributed by atoms with Gasteiger partial charge in [0, 0.05) is 30.5 Å². The molecule has 3 aromatic heterocycles. The van der Waals surface area contributed by atoms with E-state index in [1.165, 1.54) is 0 Å². The summed E-state index contributed by atoms with van der Waals surface area (Å²) < 4.78 is 1.99. The van der Waals surface area contributed by atoms with Gasteiger partial charge in [-0.05, 0) is 32.4 Å². The predicted octanol–water partition coefficient (Wildman–Crippen LogP) is 3.17. The van der Waals surface area contributed by atoms with E-state index in [9.17, 15) is 4.79 Å². The molecule has 3 aromatic rings. The van der Waals surface area contributed by atoms with Gasteiger partial charge in [0.15, 0.2) is 0 Å². The molecule has 0 N–H and O–H groups in total. The number of amides is 1. The number of imidazole rings is 1. The van der Waals surface area contributed by atoms with E-state index < -0.39 is 0 Å². The van der Waals surface area contributed by atoms with Gasteiger partial charge in [-0.2, -0.15) is 0 Å². The van der Waals surface area contributed by atoms with E-state index in [1.54, 1.807) is 22.4 Å². The van der Waals surface area contributed by atoms with Gasteiger partial charge in [-0.15, -0.1) is 11.3 Å². The van der Waals surface area contributed by atoms with Crippen molar-refractivity contribution in [1.82, 2.24) is 19.3 Å². The number of pyridine rings is 1. The van der Waals surface area contributed by atoms with Crippen molar-refractivity contribution in [2.45, 2.75) is 33.2 Å². The Labute approximate surface area is 139 Å². The molecule has 0 aliphatic heterocycles. The number of likely N-dealkylation sites (N-methyl/N-ethyl adjacent to an activating group) is 1. The second-order valence-electron chi connectivity index (χ2n) is 5.82. The Morgan fingerprint density at radius 3 is 2.91 bits per heavy atom. The molecule has 3 rings (SSSR count). The number of hydrogen-bond acceptors (Lipinski definition) is 4. The molecule has 0 saturated carbocycles. The highest BCUT2D eigenvalue weighted by Crippen LogP contribution is 2.23. The fraction of sp³-hybridized carbons (Fsp3) is 0.353. The van der Waals surface area contributed by atoms with Crippen LogP contribution in [0, 0.1) is 13.8 Å². The monoisotopic (exact) mass is 328 g/mol. The predicted molar refractivity (Wildman–Crippen MR) is 91.7 cm³/mol. The highest BCUT2D eigenvalue weighted by Gasteiger charge is 2.21. The largest absolute Gasteiger partial charge is 0.336 e. The molecule has 1 atom stereocenters. The zero-order chi connectivity index (χ0) is 16.6. The first-order valence-corrected chi connectivity index (χ1v) is 8.44. The number of aromatic nitrogens is 3. The zero-order valence-electron chi connectivity index (χ0n) is 13.8. The van der Waals surface area contributed by atoms with Gasteiger partial charge in [-0.3, -0.25) is 4.79 Å². The maximum atomic E-state index is 12.6. The molecule has 0 bridgehead atoms. The fourth-order valence-corrected chi connectivity index (χ4v) is 3.45. The van der Waals surface area contributed by atoms with Crippen LogP contribution in [0.25, 0.3) is 5.65 Å². The van der Waals surface area contributed by atoms with Crippen LogP contribution in [0.2, 0.25) is 0 Å². The van der Waals surface area contributed by atoms with E-state index in [2.05, 4.69) is 9.97 Å². The maximum absolute atomic E-state index is 12.6. The molecule has 0 aliphatic carbocycles.